The number of rotatable bonds is 9. The molecule has 0 aliphatic heterocycles. The lowest BCUT2D eigenvalue weighted by Gasteiger charge is -2.20. The van der Waals surface area contributed by atoms with Crippen molar-refractivity contribution in [3.8, 4) is 0 Å². The molecule has 0 unspecified atom stereocenters. The average Bonchev–Trinajstić information content (AvgIpc) is 3.31. The lowest BCUT2D eigenvalue weighted by Crippen LogP contribution is -2.37. The number of benzene rings is 1. The molecule has 1 aromatic carbocycles. The summed E-state index contributed by atoms with van der Waals surface area (Å²) in [6, 6.07) is 9.54. The summed E-state index contributed by atoms with van der Waals surface area (Å²) >= 11 is 0. The summed E-state index contributed by atoms with van der Waals surface area (Å²) in [5.74, 6) is -0.423. The topological polar surface area (TPSA) is 115 Å². The lowest BCUT2D eigenvalue weighted by atomic mass is 9.97. The van der Waals surface area contributed by atoms with Crippen molar-refractivity contribution in [2.75, 3.05) is 6.61 Å². The van der Waals surface area contributed by atoms with Crippen molar-refractivity contribution in [1.82, 2.24) is 10.0 Å². The summed E-state index contributed by atoms with van der Waals surface area (Å²) < 4.78 is 37.3. The van der Waals surface area contributed by atoms with Crippen LogP contribution < -0.4 is 10.0 Å². The van der Waals surface area contributed by atoms with Crippen LogP contribution >= 0.6 is 0 Å². The number of sulfonamides is 1. The van der Waals surface area contributed by atoms with E-state index in [0.717, 1.165) is 25.7 Å². The van der Waals surface area contributed by atoms with Crippen LogP contribution in [-0.2, 0) is 30.9 Å². The first-order valence-electron chi connectivity index (χ1n) is 11.2. The highest BCUT2D eigenvalue weighted by atomic mass is 32.2. The monoisotopic (exact) mass is 474 g/mol. The second kappa shape index (κ2) is 12.4. The van der Waals surface area contributed by atoms with Crippen LogP contribution in [0.1, 0.15) is 56.3 Å². The third-order valence-corrected chi connectivity index (χ3v) is 6.85. The van der Waals surface area contributed by atoms with E-state index in [1.807, 2.05) is 0 Å². The molecule has 1 aromatic heterocycles. The zero-order chi connectivity index (χ0) is 23.5. The number of esters is 1. The third-order valence-electron chi connectivity index (χ3n) is 5.43. The zero-order valence-corrected chi connectivity index (χ0v) is 19.3. The summed E-state index contributed by atoms with van der Waals surface area (Å²) in [6.07, 6.45) is 12.0. The smallest absolute Gasteiger partial charge is 0.331 e. The molecule has 2 N–H and O–H groups in total. The molecule has 0 saturated heterocycles. The first-order chi connectivity index (χ1) is 15.9. The number of carbonyl (C=O) groups excluding carboxylic acids is 2. The van der Waals surface area contributed by atoms with E-state index in [0.29, 0.717) is 11.3 Å². The minimum atomic E-state index is -3.69. The molecule has 9 heteroatoms. The van der Waals surface area contributed by atoms with Crippen molar-refractivity contribution in [2.24, 2.45) is 0 Å². The highest BCUT2D eigenvalue weighted by molar-refractivity contribution is 7.89. The number of nitrogens with one attached hydrogen (secondary N) is 2. The Bertz CT molecular complexity index is 1020. The first-order valence-corrected chi connectivity index (χ1v) is 12.7. The summed E-state index contributed by atoms with van der Waals surface area (Å²) in [4.78, 5) is 24.1. The second-order valence-corrected chi connectivity index (χ2v) is 9.79. The van der Waals surface area contributed by atoms with Crippen molar-refractivity contribution >= 4 is 28.0 Å². The molecule has 0 bridgehead atoms. The Kier molecular flexibility index (Phi) is 9.26. The molecule has 178 valence electrons. The molecule has 3 rings (SSSR count). The van der Waals surface area contributed by atoms with Gasteiger partial charge in [0.15, 0.2) is 6.61 Å². The van der Waals surface area contributed by atoms with Gasteiger partial charge in [-0.2, -0.15) is 0 Å². The average molecular weight is 475 g/mol. The van der Waals surface area contributed by atoms with Crippen molar-refractivity contribution < 1.29 is 27.2 Å². The number of amides is 1. The predicted octanol–water partition coefficient (Wildman–Crippen LogP) is 3.54. The highest BCUT2D eigenvalue weighted by Crippen LogP contribution is 2.17. The standard InChI is InChI=1S/C24H30N2O6S/c27-23(26-20-7-4-2-1-3-5-8-20)18-32-24(28)15-12-19-10-13-22(14-11-19)33(29,30)25-17-21-9-6-16-31-21/h6,9-16,20,25H,1-5,7-8,17-18H2,(H,26,27)/b15-12+. The van der Waals surface area contributed by atoms with E-state index < -0.39 is 16.0 Å². The summed E-state index contributed by atoms with van der Waals surface area (Å²) in [7, 11) is -3.69. The first kappa shape index (κ1) is 24.7. The van der Waals surface area contributed by atoms with Crippen LogP contribution in [0.3, 0.4) is 0 Å². The van der Waals surface area contributed by atoms with Gasteiger partial charge in [0.2, 0.25) is 10.0 Å². The van der Waals surface area contributed by atoms with Crippen LogP contribution in [0, 0.1) is 0 Å². The highest BCUT2D eigenvalue weighted by Gasteiger charge is 2.15. The molecule has 1 fully saturated rings. The number of furan rings is 1. The van der Waals surface area contributed by atoms with Crippen LogP contribution in [0.15, 0.2) is 58.1 Å². The quantitative estimate of drug-likeness (QED) is 0.424. The van der Waals surface area contributed by atoms with Crippen molar-refractivity contribution in [3.05, 3.63) is 60.1 Å². The Labute approximate surface area is 194 Å². The van der Waals surface area contributed by atoms with Gasteiger partial charge in [-0.05, 0) is 48.7 Å². The van der Waals surface area contributed by atoms with Crippen LogP contribution in [0.2, 0.25) is 0 Å². The predicted molar refractivity (Wildman–Crippen MR) is 123 cm³/mol. The van der Waals surface area contributed by atoms with Gasteiger partial charge in [-0.25, -0.2) is 17.9 Å². The van der Waals surface area contributed by atoms with Crippen molar-refractivity contribution in [2.45, 2.75) is 62.4 Å². The van der Waals surface area contributed by atoms with Gasteiger partial charge in [0.25, 0.3) is 5.91 Å². The van der Waals surface area contributed by atoms with Crippen LogP contribution in [-0.4, -0.2) is 32.9 Å². The largest absolute Gasteiger partial charge is 0.468 e. The van der Waals surface area contributed by atoms with E-state index in [1.54, 1.807) is 24.3 Å². The molecule has 1 aliphatic carbocycles. The molecule has 33 heavy (non-hydrogen) atoms. The summed E-state index contributed by atoms with van der Waals surface area (Å²) in [6.45, 7) is -0.269. The fraction of sp³-hybridized carbons (Fsp3) is 0.417. The van der Waals surface area contributed by atoms with E-state index in [9.17, 15) is 18.0 Å². The number of hydrogen-bond acceptors (Lipinski definition) is 6. The molecule has 1 amide bonds. The van der Waals surface area contributed by atoms with Gasteiger partial charge in [0.05, 0.1) is 17.7 Å². The molecular formula is C24H30N2O6S. The van der Waals surface area contributed by atoms with Gasteiger partial charge < -0.3 is 14.5 Å². The zero-order valence-electron chi connectivity index (χ0n) is 18.5. The van der Waals surface area contributed by atoms with Gasteiger partial charge >= 0.3 is 5.97 Å². The number of carbonyl (C=O) groups is 2. The van der Waals surface area contributed by atoms with E-state index >= 15 is 0 Å². The molecule has 1 heterocycles. The van der Waals surface area contributed by atoms with Gasteiger partial charge in [-0.1, -0.05) is 44.2 Å². The molecule has 2 aromatic rings. The normalized spacial score (nSPS) is 15.6. The van der Waals surface area contributed by atoms with E-state index in [2.05, 4.69) is 10.0 Å². The maximum atomic E-state index is 12.3. The molecule has 0 atom stereocenters. The SMILES string of the molecule is O=C(COC(=O)/C=C/c1ccc(S(=O)(=O)NCc2ccco2)cc1)NC1CCCCCCC1. The van der Waals surface area contributed by atoms with Crippen LogP contribution in [0.25, 0.3) is 6.08 Å². The Morgan fingerprint density at radius 1 is 1.03 bits per heavy atom. The third kappa shape index (κ3) is 8.51. The fourth-order valence-corrected chi connectivity index (χ4v) is 4.63. The molecule has 8 nitrogen and oxygen atoms in total. The van der Waals surface area contributed by atoms with Crippen LogP contribution in [0.4, 0.5) is 0 Å². The van der Waals surface area contributed by atoms with Crippen molar-refractivity contribution in [1.29, 1.82) is 0 Å². The lowest BCUT2D eigenvalue weighted by molar-refractivity contribution is -0.144. The Morgan fingerprint density at radius 2 is 1.73 bits per heavy atom. The molecule has 0 radical (unpaired) electrons. The fourth-order valence-electron chi connectivity index (χ4n) is 3.64. The molecular weight excluding hydrogens is 444 g/mol. The Balaban J connectivity index is 1.43. The van der Waals surface area contributed by atoms with Gasteiger partial charge in [0.1, 0.15) is 5.76 Å². The molecule has 0 spiro atoms. The molecule has 1 saturated carbocycles. The Hall–Kier alpha value is -2.91. The van der Waals surface area contributed by atoms with E-state index in [-0.39, 0.29) is 30.0 Å². The number of ether oxygens (including phenoxy) is 1. The summed E-state index contributed by atoms with van der Waals surface area (Å²) in [5.41, 5.74) is 0.621. The van der Waals surface area contributed by atoms with Crippen molar-refractivity contribution in [3.63, 3.8) is 0 Å². The minimum absolute atomic E-state index is 0.0527. The van der Waals surface area contributed by atoms with E-state index in [1.165, 1.54) is 49.8 Å². The van der Waals surface area contributed by atoms with Crippen LogP contribution in [0.5, 0.6) is 0 Å². The van der Waals surface area contributed by atoms with Gasteiger partial charge in [0, 0.05) is 12.1 Å². The van der Waals surface area contributed by atoms with Gasteiger partial charge in [-0.15, -0.1) is 0 Å². The maximum Gasteiger partial charge on any atom is 0.331 e. The summed E-state index contributed by atoms with van der Waals surface area (Å²) in [5, 5.41) is 2.95. The van der Waals surface area contributed by atoms with Gasteiger partial charge in [-0.3, -0.25) is 4.79 Å². The molecule has 1 aliphatic rings. The minimum Gasteiger partial charge on any atom is -0.468 e. The van der Waals surface area contributed by atoms with E-state index in [4.69, 9.17) is 9.15 Å². The Morgan fingerprint density at radius 3 is 2.39 bits per heavy atom. The number of hydrogen-bond donors (Lipinski definition) is 2. The maximum absolute atomic E-state index is 12.3. The second-order valence-electron chi connectivity index (χ2n) is 8.02.